The molecule has 0 aliphatic carbocycles. The number of aromatic nitrogens is 2. The molecule has 0 saturated heterocycles. The largest absolute Gasteiger partial charge is 0.396 e. The van der Waals surface area contributed by atoms with Crippen LogP contribution in [-0.4, -0.2) is 47.8 Å². The van der Waals surface area contributed by atoms with Crippen molar-refractivity contribution in [2.75, 3.05) is 32.5 Å². The zero-order valence-corrected chi connectivity index (χ0v) is 8.99. The molecular weight excluding hydrogens is 196 g/mol. The molecule has 0 spiro atoms. The second kappa shape index (κ2) is 5.35. The number of anilines is 1. The zero-order valence-electron chi connectivity index (χ0n) is 8.99. The van der Waals surface area contributed by atoms with E-state index in [1.807, 2.05) is 6.92 Å². The molecule has 0 fully saturated rings. The predicted octanol–water partition coefficient (Wildman–Crippen LogP) is 0.100. The number of likely N-dealkylation sites (N-methyl/N-ethyl adjacent to an activating group) is 1. The Balaban J connectivity index is 2.50. The molecule has 0 radical (unpaired) electrons. The monoisotopic (exact) mass is 212 g/mol. The van der Waals surface area contributed by atoms with Crippen LogP contribution in [0.15, 0.2) is 6.20 Å². The number of aromatic amines is 1. The fourth-order valence-electron chi connectivity index (χ4n) is 1.10. The maximum atomic E-state index is 11.7. The lowest BCUT2D eigenvalue weighted by molar-refractivity contribution is 0.0705. The number of nitrogens with two attached hydrogens (primary N) is 1. The SMILES string of the molecule is CCOCCN(C)C(=O)c1[nH]ncc1N. The highest BCUT2D eigenvalue weighted by Gasteiger charge is 2.15. The van der Waals surface area contributed by atoms with Gasteiger partial charge in [-0.05, 0) is 6.92 Å². The summed E-state index contributed by atoms with van der Waals surface area (Å²) in [5.41, 5.74) is 6.25. The summed E-state index contributed by atoms with van der Waals surface area (Å²) in [4.78, 5) is 13.3. The summed E-state index contributed by atoms with van der Waals surface area (Å²) < 4.78 is 5.15. The van der Waals surface area contributed by atoms with Gasteiger partial charge in [-0.1, -0.05) is 0 Å². The van der Waals surface area contributed by atoms with E-state index in [0.717, 1.165) is 0 Å². The number of carbonyl (C=O) groups is 1. The molecule has 0 unspecified atom stereocenters. The first kappa shape index (κ1) is 11.5. The first-order chi connectivity index (χ1) is 7.16. The third-order valence-corrected chi connectivity index (χ3v) is 2.00. The van der Waals surface area contributed by atoms with Crippen LogP contribution >= 0.6 is 0 Å². The van der Waals surface area contributed by atoms with Crippen molar-refractivity contribution in [3.8, 4) is 0 Å². The van der Waals surface area contributed by atoms with E-state index in [9.17, 15) is 4.79 Å². The minimum Gasteiger partial charge on any atom is -0.396 e. The van der Waals surface area contributed by atoms with Gasteiger partial charge in [0.05, 0.1) is 18.5 Å². The average molecular weight is 212 g/mol. The van der Waals surface area contributed by atoms with Crippen LogP contribution in [0, 0.1) is 0 Å². The lowest BCUT2D eigenvalue weighted by atomic mass is 10.3. The van der Waals surface area contributed by atoms with Gasteiger partial charge in [-0.15, -0.1) is 0 Å². The van der Waals surface area contributed by atoms with E-state index < -0.39 is 0 Å². The molecule has 0 aromatic carbocycles. The Morgan fingerprint density at radius 2 is 2.47 bits per heavy atom. The summed E-state index contributed by atoms with van der Waals surface area (Å²) in [6.45, 7) is 3.61. The maximum absolute atomic E-state index is 11.7. The van der Waals surface area contributed by atoms with Crippen LogP contribution in [0.1, 0.15) is 17.4 Å². The van der Waals surface area contributed by atoms with Crippen molar-refractivity contribution in [2.45, 2.75) is 6.92 Å². The van der Waals surface area contributed by atoms with E-state index in [-0.39, 0.29) is 5.91 Å². The quantitative estimate of drug-likeness (QED) is 0.678. The second-order valence-corrected chi connectivity index (χ2v) is 3.12. The molecule has 1 amide bonds. The number of ether oxygens (including phenoxy) is 1. The van der Waals surface area contributed by atoms with Crippen LogP contribution in [0.25, 0.3) is 0 Å². The Morgan fingerprint density at radius 3 is 3.00 bits per heavy atom. The van der Waals surface area contributed by atoms with Gasteiger partial charge in [-0.25, -0.2) is 0 Å². The number of rotatable bonds is 5. The molecule has 1 heterocycles. The van der Waals surface area contributed by atoms with Crippen LogP contribution in [0.5, 0.6) is 0 Å². The number of H-pyrrole nitrogens is 1. The summed E-state index contributed by atoms with van der Waals surface area (Å²) >= 11 is 0. The number of nitrogen functional groups attached to an aromatic ring is 1. The lowest BCUT2D eigenvalue weighted by Crippen LogP contribution is -2.30. The van der Waals surface area contributed by atoms with Crippen LogP contribution < -0.4 is 5.73 Å². The normalized spacial score (nSPS) is 10.3. The molecule has 0 atom stereocenters. The third-order valence-electron chi connectivity index (χ3n) is 2.00. The third kappa shape index (κ3) is 2.95. The van der Waals surface area contributed by atoms with Gasteiger partial charge in [-0.3, -0.25) is 9.89 Å². The first-order valence-electron chi connectivity index (χ1n) is 4.78. The summed E-state index contributed by atoms with van der Waals surface area (Å²) in [6.07, 6.45) is 1.42. The van der Waals surface area contributed by atoms with E-state index in [2.05, 4.69) is 10.2 Å². The highest BCUT2D eigenvalue weighted by atomic mass is 16.5. The molecule has 0 aliphatic heterocycles. The minimum atomic E-state index is -0.176. The Labute approximate surface area is 88.4 Å². The number of nitrogens with zero attached hydrogens (tertiary/aromatic N) is 2. The molecule has 3 N–H and O–H groups in total. The highest BCUT2D eigenvalue weighted by molar-refractivity contribution is 5.96. The molecule has 0 bridgehead atoms. The summed E-state index contributed by atoms with van der Waals surface area (Å²) in [5.74, 6) is -0.176. The summed E-state index contributed by atoms with van der Waals surface area (Å²) in [5, 5.41) is 6.26. The number of amides is 1. The second-order valence-electron chi connectivity index (χ2n) is 3.12. The molecule has 15 heavy (non-hydrogen) atoms. The van der Waals surface area contributed by atoms with Gasteiger partial charge < -0.3 is 15.4 Å². The van der Waals surface area contributed by atoms with Gasteiger partial charge in [0, 0.05) is 20.2 Å². The first-order valence-corrected chi connectivity index (χ1v) is 4.78. The summed E-state index contributed by atoms with van der Waals surface area (Å²) in [6, 6.07) is 0. The van der Waals surface area contributed by atoms with Crippen molar-refractivity contribution in [1.29, 1.82) is 0 Å². The Kier molecular flexibility index (Phi) is 4.11. The van der Waals surface area contributed by atoms with Gasteiger partial charge in [0.1, 0.15) is 5.69 Å². The highest BCUT2D eigenvalue weighted by Crippen LogP contribution is 2.08. The van der Waals surface area contributed by atoms with Gasteiger partial charge in [0.15, 0.2) is 0 Å². The zero-order chi connectivity index (χ0) is 11.3. The van der Waals surface area contributed by atoms with Gasteiger partial charge in [-0.2, -0.15) is 5.10 Å². The molecule has 1 aromatic rings. The molecule has 84 valence electrons. The Morgan fingerprint density at radius 1 is 1.73 bits per heavy atom. The van der Waals surface area contributed by atoms with Crippen molar-refractivity contribution in [3.63, 3.8) is 0 Å². The minimum absolute atomic E-state index is 0.176. The van der Waals surface area contributed by atoms with E-state index >= 15 is 0 Å². The van der Waals surface area contributed by atoms with Crippen molar-refractivity contribution in [2.24, 2.45) is 0 Å². The molecular formula is C9H16N4O2. The maximum Gasteiger partial charge on any atom is 0.273 e. The molecule has 6 nitrogen and oxygen atoms in total. The van der Waals surface area contributed by atoms with Gasteiger partial charge in [0.25, 0.3) is 5.91 Å². The van der Waals surface area contributed by atoms with Crippen molar-refractivity contribution >= 4 is 11.6 Å². The van der Waals surface area contributed by atoms with E-state index in [1.165, 1.54) is 6.20 Å². The van der Waals surface area contributed by atoms with Crippen LogP contribution in [0.4, 0.5) is 5.69 Å². The fraction of sp³-hybridized carbons (Fsp3) is 0.556. The lowest BCUT2D eigenvalue weighted by Gasteiger charge is -2.16. The standard InChI is InChI=1S/C9H16N4O2/c1-3-15-5-4-13(2)9(14)8-7(10)6-11-12-8/h6H,3-5,10H2,1-2H3,(H,11,12). The fourth-order valence-corrected chi connectivity index (χ4v) is 1.10. The van der Waals surface area contributed by atoms with Crippen LogP contribution in [-0.2, 0) is 4.74 Å². The number of carbonyl (C=O) groups excluding carboxylic acids is 1. The number of hydrogen-bond acceptors (Lipinski definition) is 4. The number of nitrogens with one attached hydrogen (secondary N) is 1. The van der Waals surface area contributed by atoms with Gasteiger partial charge in [0.2, 0.25) is 0 Å². The number of hydrogen-bond donors (Lipinski definition) is 2. The summed E-state index contributed by atoms with van der Waals surface area (Å²) in [7, 11) is 1.70. The topological polar surface area (TPSA) is 84.2 Å². The predicted molar refractivity (Wildman–Crippen MR) is 56.5 cm³/mol. The van der Waals surface area contributed by atoms with E-state index in [4.69, 9.17) is 10.5 Å². The van der Waals surface area contributed by atoms with Crippen molar-refractivity contribution in [3.05, 3.63) is 11.9 Å². The smallest absolute Gasteiger partial charge is 0.273 e. The van der Waals surface area contributed by atoms with Crippen LogP contribution in [0.2, 0.25) is 0 Å². The Bertz CT molecular complexity index is 324. The van der Waals surface area contributed by atoms with Crippen LogP contribution in [0.3, 0.4) is 0 Å². The molecule has 0 aliphatic rings. The molecule has 1 rings (SSSR count). The van der Waals surface area contributed by atoms with Crippen molar-refractivity contribution in [1.82, 2.24) is 15.1 Å². The molecule has 0 saturated carbocycles. The van der Waals surface area contributed by atoms with E-state index in [1.54, 1.807) is 11.9 Å². The average Bonchev–Trinajstić information content (AvgIpc) is 2.63. The molecule has 6 heteroatoms. The molecule has 1 aromatic heterocycles. The Hall–Kier alpha value is -1.56. The van der Waals surface area contributed by atoms with Crippen molar-refractivity contribution < 1.29 is 9.53 Å². The van der Waals surface area contributed by atoms with Gasteiger partial charge >= 0.3 is 0 Å². The van der Waals surface area contributed by atoms with E-state index in [0.29, 0.717) is 31.1 Å².